The number of nitrogens with zero attached hydrogens (tertiary/aromatic N) is 3. The molecule has 0 aliphatic carbocycles. The van der Waals surface area contributed by atoms with Gasteiger partial charge in [0.1, 0.15) is 5.82 Å². The minimum absolute atomic E-state index is 0.0512. The van der Waals surface area contributed by atoms with Gasteiger partial charge < -0.3 is 10.6 Å². The highest BCUT2D eigenvalue weighted by molar-refractivity contribution is 5.94. The third-order valence-electron chi connectivity index (χ3n) is 4.59. The summed E-state index contributed by atoms with van der Waals surface area (Å²) >= 11 is 0. The number of nitrogens with two attached hydrogens (primary N) is 1. The zero-order chi connectivity index (χ0) is 16.6. The van der Waals surface area contributed by atoms with Crippen molar-refractivity contribution < 1.29 is 4.79 Å². The summed E-state index contributed by atoms with van der Waals surface area (Å²) in [5, 5.41) is 6.95. The number of benzene rings is 1. The Morgan fingerprint density at radius 2 is 2.04 bits per heavy atom. The van der Waals surface area contributed by atoms with Gasteiger partial charge in [-0.05, 0) is 30.9 Å². The summed E-state index contributed by atoms with van der Waals surface area (Å²) < 4.78 is 0. The summed E-state index contributed by atoms with van der Waals surface area (Å²) in [6.45, 7) is 7.49. The number of aromatic nitrogens is 3. The van der Waals surface area contributed by atoms with Crippen molar-refractivity contribution >= 4 is 5.91 Å². The largest absolute Gasteiger partial charge is 0.338 e. The SMILES string of the molecule is Cc1nc(-c2ccc(C(=O)N3CCC(N)C(C)(C)C3)cc2)n[nH]1. The first-order valence-electron chi connectivity index (χ1n) is 7.91. The van der Waals surface area contributed by atoms with Gasteiger partial charge in [0.05, 0.1) is 0 Å². The highest BCUT2D eigenvalue weighted by atomic mass is 16.2. The Labute approximate surface area is 136 Å². The molecule has 0 radical (unpaired) electrons. The molecule has 2 aromatic rings. The van der Waals surface area contributed by atoms with Crippen LogP contribution in [0.25, 0.3) is 11.4 Å². The number of nitrogens with one attached hydrogen (secondary N) is 1. The molecule has 3 rings (SSSR count). The number of hydrogen-bond donors (Lipinski definition) is 2. The van der Waals surface area contributed by atoms with Crippen LogP contribution in [0.4, 0.5) is 0 Å². The number of aromatic amines is 1. The minimum atomic E-state index is -0.0512. The van der Waals surface area contributed by atoms with Crippen LogP contribution < -0.4 is 5.73 Å². The van der Waals surface area contributed by atoms with Crippen LogP contribution in [0.15, 0.2) is 24.3 Å². The van der Waals surface area contributed by atoms with Crippen LogP contribution in [0, 0.1) is 12.3 Å². The summed E-state index contributed by atoms with van der Waals surface area (Å²) in [5.74, 6) is 1.47. The molecule has 1 saturated heterocycles. The number of carbonyl (C=O) groups is 1. The Hall–Kier alpha value is -2.21. The van der Waals surface area contributed by atoms with E-state index in [0.717, 1.165) is 17.8 Å². The topological polar surface area (TPSA) is 87.9 Å². The fraction of sp³-hybridized carbons (Fsp3) is 0.471. The number of amides is 1. The lowest BCUT2D eigenvalue weighted by Gasteiger charge is -2.42. The van der Waals surface area contributed by atoms with Gasteiger partial charge in [0.2, 0.25) is 0 Å². The van der Waals surface area contributed by atoms with Crippen LogP contribution in [-0.2, 0) is 0 Å². The quantitative estimate of drug-likeness (QED) is 0.887. The van der Waals surface area contributed by atoms with Crippen molar-refractivity contribution in [1.29, 1.82) is 0 Å². The lowest BCUT2D eigenvalue weighted by molar-refractivity contribution is 0.0533. The van der Waals surface area contributed by atoms with Gasteiger partial charge in [0.25, 0.3) is 5.91 Å². The van der Waals surface area contributed by atoms with Gasteiger partial charge >= 0.3 is 0 Å². The van der Waals surface area contributed by atoms with Crippen molar-refractivity contribution in [3.8, 4) is 11.4 Å². The third kappa shape index (κ3) is 3.12. The van der Waals surface area contributed by atoms with E-state index in [-0.39, 0.29) is 17.4 Å². The zero-order valence-corrected chi connectivity index (χ0v) is 13.8. The summed E-state index contributed by atoms with van der Waals surface area (Å²) in [6.07, 6.45) is 0.841. The fourth-order valence-corrected chi connectivity index (χ4v) is 2.96. The van der Waals surface area contributed by atoms with E-state index in [0.29, 0.717) is 24.5 Å². The molecule has 1 aromatic heterocycles. The summed E-state index contributed by atoms with van der Waals surface area (Å²) in [4.78, 5) is 18.9. The zero-order valence-electron chi connectivity index (χ0n) is 13.8. The van der Waals surface area contributed by atoms with E-state index in [9.17, 15) is 4.79 Å². The van der Waals surface area contributed by atoms with Gasteiger partial charge in [0.15, 0.2) is 5.82 Å². The maximum Gasteiger partial charge on any atom is 0.253 e. The van der Waals surface area contributed by atoms with Gasteiger partial charge in [-0.25, -0.2) is 4.98 Å². The summed E-state index contributed by atoms with van der Waals surface area (Å²) in [6, 6.07) is 7.59. The number of hydrogen-bond acceptors (Lipinski definition) is 4. The second-order valence-electron chi connectivity index (χ2n) is 6.93. The van der Waals surface area contributed by atoms with E-state index in [1.165, 1.54) is 0 Å². The number of carbonyl (C=O) groups excluding carboxylic acids is 1. The average Bonchev–Trinajstić information content (AvgIpc) is 2.96. The van der Waals surface area contributed by atoms with Crippen LogP contribution in [-0.4, -0.2) is 45.1 Å². The monoisotopic (exact) mass is 313 g/mol. The molecule has 1 amide bonds. The molecule has 3 N–H and O–H groups in total. The van der Waals surface area contributed by atoms with Crippen molar-refractivity contribution in [2.24, 2.45) is 11.1 Å². The van der Waals surface area contributed by atoms with Crippen molar-refractivity contribution in [3.05, 3.63) is 35.7 Å². The molecule has 0 bridgehead atoms. The fourth-order valence-electron chi connectivity index (χ4n) is 2.96. The molecule has 0 saturated carbocycles. The van der Waals surface area contributed by atoms with Crippen LogP contribution in [0.1, 0.15) is 36.5 Å². The molecule has 1 unspecified atom stereocenters. The van der Waals surface area contributed by atoms with Gasteiger partial charge in [-0.2, -0.15) is 5.10 Å². The van der Waals surface area contributed by atoms with Crippen molar-refractivity contribution in [1.82, 2.24) is 20.1 Å². The molecule has 1 aromatic carbocycles. The van der Waals surface area contributed by atoms with Crippen molar-refractivity contribution in [2.75, 3.05) is 13.1 Å². The molecule has 2 heterocycles. The van der Waals surface area contributed by atoms with Gasteiger partial charge in [-0.15, -0.1) is 0 Å². The summed E-state index contributed by atoms with van der Waals surface area (Å²) in [7, 11) is 0. The standard InChI is InChI=1S/C17H23N5O/c1-11-19-15(21-20-11)12-4-6-13(7-5-12)16(23)22-9-8-14(18)17(2,3)10-22/h4-7,14H,8-10,18H2,1-3H3,(H,19,20,21). The molecule has 122 valence electrons. The molecule has 1 aliphatic heterocycles. The number of rotatable bonds is 2. The molecule has 1 aliphatic rings. The van der Waals surface area contributed by atoms with Gasteiger partial charge in [0, 0.05) is 30.3 Å². The summed E-state index contributed by atoms with van der Waals surface area (Å²) in [5.41, 5.74) is 7.68. The highest BCUT2D eigenvalue weighted by Gasteiger charge is 2.35. The Morgan fingerprint density at radius 1 is 1.35 bits per heavy atom. The number of H-pyrrole nitrogens is 1. The molecule has 1 atom stereocenters. The molecule has 6 heteroatoms. The second kappa shape index (κ2) is 5.77. The highest BCUT2D eigenvalue weighted by Crippen LogP contribution is 2.28. The maximum atomic E-state index is 12.7. The maximum absolute atomic E-state index is 12.7. The lowest BCUT2D eigenvalue weighted by atomic mass is 9.79. The van der Waals surface area contributed by atoms with E-state index in [2.05, 4.69) is 29.0 Å². The predicted molar refractivity (Wildman–Crippen MR) is 88.8 cm³/mol. The van der Waals surface area contributed by atoms with E-state index >= 15 is 0 Å². The van der Waals surface area contributed by atoms with Crippen LogP contribution in [0.5, 0.6) is 0 Å². The number of likely N-dealkylation sites (tertiary alicyclic amines) is 1. The minimum Gasteiger partial charge on any atom is -0.338 e. The van der Waals surface area contributed by atoms with Gasteiger partial charge in [-0.1, -0.05) is 26.0 Å². The van der Waals surface area contributed by atoms with Crippen LogP contribution >= 0.6 is 0 Å². The van der Waals surface area contributed by atoms with E-state index in [1.54, 1.807) is 0 Å². The van der Waals surface area contributed by atoms with E-state index < -0.39 is 0 Å². The number of aryl methyl sites for hydroxylation is 1. The molecule has 1 fully saturated rings. The van der Waals surface area contributed by atoms with Crippen molar-refractivity contribution in [3.63, 3.8) is 0 Å². The Kier molecular flexibility index (Phi) is 3.93. The average molecular weight is 313 g/mol. The molecule has 0 spiro atoms. The normalized spacial score (nSPS) is 20.5. The smallest absolute Gasteiger partial charge is 0.253 e. The third-order valence-corrected chi connectivity index (χ3v) is 4.59. The van der Waals surface area contributed by atoms with Crippen LogP contribution in [0.3, 0.4) is 0 Å². The van der Waals surface area contributed by atoms with E-state index in [1.807, 2.05) is 36.1 Å². The molecular weight excluding hydrogens is 290 g/mol. The van der Waals surface area contributed by atoms with E-state index in [4.69, 9.17) is 5.73 Å². The first kappa shape index (κ1) is 15.7. The van der Waals surface area contributed by atoms with Crippen molar-refractivity contribution in [2.45, 2.75) is 33.2 Å². The molecule has 23 heavy (non-hydrogen) atoms. The Bertz CT molecular complexity index is 704. The number of piperidine rings is 1. The first-order valence-corrected chi connectivity index (χ1v) is 7.91. The van der Waals surface area contributed by atoms with Crippen LogP contribution in [0.2, 0.25) is 0 Å². The van der Waals surface area contributed by atoms with Gasteiger partial charge in [-0.3, -0.25) is 9.89 Å². The Balaban J connectivity index is 1.75. The Morgan fingerprint density at radius 3 is 2.61 bits per heavy atom. The lowest BCUT2D eigenvalue weighted by Crippen LogP contribution is -2.53. The molecular formula is C17H23N5O. The first-order chi connectivity index (χ1) is 10.9. The molecule has 6 nitrogen and oxygen atoms in total. The predicted octanol–water partition coefficient (Wildman–Crippen LogP) is 1.98. The second-order valence-corrected chi connectivity index (χ2v) is 6.93.